The predicted octanol–water partition coefficient (Wildman–Crippen LogP) is 5.02. The highest BCUT2D eigenvalue weighted by Gasteiger charge is 2.23. The molecule has 2 aromatic rings. The van der Waals surface area contributed by atoms with Gasteiger partial charge >= 0.3 is 0 Å². The Balaban J connectivity index is 1.67. The molecule has 0 saturated heterocycles. The van der Waals surface area contributed by atoms with E-state index in [0.29, 0.717) is 22.9 Å². The molecule has 0 bridgehead atoms. The lowest BCUT2D eigenvalue weighted by Gasteiger charge is -2.20. The molecule has 1 aromatic carbocycles. The van der Waals surface area contributed by atoms with Crippen LogP contribution in [-0.2, 0) is 4.79 Å². The van der Waals surface area contributed by atoms with Crippen molar-refractivity contribution < 1.29 is 4.79 Å². The molecule has 1 fully saturated rings. The number of carbonyl (C=O) groups is 1. The zero-order valence-corrected chi connectivity index (χ0v) is 18.8. The quantitative estimate of drug-likeness (QED) is 0.490. The minimum absolute atomic E-state index is 0.0489. The van der Waals surface area contributed by atoms with E-state index in [9.17, 15) is 4.79 Å². The third kappa shape index (κ3) is 5.13. The number of nitrogens with zero attached hydrogens (tertiary/aromatic N) is 3. The highest BCUT2D eigenvalue weighted by atomic mass is 32.2. The van der Waals surface area contributed by atoms with Crippen molar-refractivity contribution in [3.63, 3.8) is 0 Å². The summed E-state index contributed by atoms with van der Waals surface area (Å²) < 4.78 is 1.58. The Labute approximate surface area is 178 Å². The highest BCUT2D eigenvalue weighted by Crippen LogP contribution is 2.34. The van der Waals surface area contributed by atoms with Crippen molar-refractivity contribution >= 4 is 23.4 Å². The van der Waals surface area contributed by atoms with Gasteiger partial charge in [0.25, 0.3) is 0 Å². The lowest BCUT2D eigenvalue weighted by molar-refractivity contribution is -0.113. The van der Waals surface area contributed by atoms with Crippen molar-refractivity contribution in [1.29, 1.82) is 0 Å². The molecular formula is C22H33N5OS. The standard InChI is InChI=1S/C22H33N5OS/c1-14(2)17-11-8-12-18(15(3)4)20(17)24-19(28)13-29-22-26-25-21(27(22)23)16-9-6-5-7-10-16/h8,11-12,14-16H,5-7,9-10,13,23H2,1-4H3,(H,24,28). The van der Waals surface area contributed by atoms with E-state index in [4.69, 9.17) is 5.84 Å². The Hall–Kier alpha value is -2.02. The maximum Gasteiger partial charge on any atom is 0.234 e. The number of para-hydroxylation sites is 1. The summed E-state index contributed by atoms with van der Waals surface area (Å²) in [6.07, 6.45) is 5.95. The number of nitrogens with one attached hydrogen (secondary N) is 1. The average molecular weight is 416 g/mol. The van der Waals surface area contributed by atoms with Crippen molar-refractivity contribution in [2.45, 2.75) is 82.7 Å². The Morgan fingerprint density at radius 2 is 1.76 bits per heavy atom. The first-order chi connectivity index (χ1) is 13.9. The number of benzene rings is 1. The number of carbonyl (C=O) groups excluding carboxylic acids is 1. The summed E-state index contributed by atoms with van der Waals surface area (Å²) in [5, 5.41) is 12.3. The Morgan fingerprint density at radius 3 is 2.34 bits per heavy atom. The molecule has 3 N–H and O–H groups in total. The van der Waals surface area contributed by atoms with Crippen LogP contribution in [0.4, 0.5) is 5.69 Å². The molecule has 29 heavy (non-hydrogen) atoms. The number of hydrogen-bond acceptors (Lipinski definition) is 5. The van der Waals surface area contributed by atoms with Crippen LogP contribution in [0.25, 0.3) is 0 Å². The van der Waals surface area contributed by atoms with Gasteiger partial charge < -0.3 is 11.2 Å². The third-order valence-electron chi connectivity index (χ3n) is 5.63. The topological polar surface area (TPSA) is 85.8 Å². The van der Waals surface area contributed by atoms with Crippen molar-refractivity contribution in [2.24, 2.45) is 0 Å². The van der Waals surface area contributed by atoms with Gasteiger partial charge in [0, 0.05) is 11.6 Å². The number of nitrogens with two attached hydrogens (primary N) is 1. The molecule has 0 aliphatic heterocycles. The van der Waals surface area contributed by atoms with E-state index in [2.05, 4.69) is 61.4 Å². The lowest BCUT2D eigenvalue weighted by Crippen LogP contribution is -2.20. The van der Waals surface area contributed by atoms with Crippen molar-refractivity contribution in [1.82, 2.24) is 14.9 Å². The molecule has 1 amide bonds. The number of rotatable bonds is 7. The van der Waals surface area contributed by atoms with Gasteiger partial charge in [0.05, 0.1) is 5.75 Å². The SMILES string of the molecule is CC(C)c1cccc(C(C)C)c1NC(=O)CSc1nnc(C2CCCCC2)n1N. The fourth-order valence-electron chi connectivity index (χ4n) is 4.03. The monoisotopic (exact) mass is 415 g/mol. The first kappa shape index (κ1) is 21.7. The van der Waals surface area contributed by atoms with E-state index >= 15 is 0 Å². The van der Waals surface area contributed by atoms with Crippen LogP contribution in [0.15, 0.2) is 23.4 Å². The van der Waals surface area contributed by atoms with Gasteiger partial charge in [-0.2, -0.15) is 0 Å². The number of amides is 1. The molecule has 1 saturated carbocycles. The second-order valence-corrected chi connectivity index (χ2v) is 9.45. The van der Waals surface area contributed by atoms with Crippen LogP contribution >= 0.6 is 11.8 Å². The minimum atomic E-state index is -0.0489. The summed E-state index contributed by atoms with van der Waals surface area (Å²) in [6, 6.07) is 6.25. The van der Waals surface area contributed by atoms with Crippen LogP contribution in [0.2, 0.25) is 0 Å². The van der Waals surface area contributed by atoms with Gasteiger partial charge in [-0.3, -0.25) is 4.79 Å². The Kier molecular flexibility index (Phi) is 7.22. The first-order valence-electron chi connectivity index (χ1n) is 10.6. The number of nitrogen functional groups attached to an aromatic ring is 1. The van der Waals surface area contributed by atoms with E-state index in [-0.39, 0.29) is 11.7 Å². The summed E-state index contributed by atoms with van der Waals surface area (Å²) in [7, 11) is 0. The Bertz CT molecular complexity index is 813. The fourth-order valence-corrected chi connectivity index (χ4v) is 4.69. The van der Waals surface area contributed by atoms with Crippen LogP contribution in [0.5, 0.6) is 0 Å². The molecule has 1 aliphatic carbocycles. The summed E-state index contributed by atoms with van der Waals surface area (Å²) in [5.41, 5.74) is 3.27. The largest absolute Gasteiger partial charge is 0.336 e. The van der Waals surface area contributed by atoms with E-state index < -0.39 is 0 Å². The summed E-state index contributed by atoms with van der Waals surface area (Å²) >= 11 is 1.34. The van der Waals surface area contributed by atoms with Gasteiger partial charge in [0.15, 0.2) is 5.82 Å². The molecule has 0 radical (unpaired) electrons. The van der Waals surface area contributed by atoms with Gasteiger partial charge in [-0.15, -0.1) is 10.2 Å². The predicted molar refractivity (Wildman–Crippen MR) is 120 cm³/mol. The molecule has 0 atom stereocenters. The summed E-state index contributed by atoms with van der Waals surface area (Å²) in [5.74, 6) is 8.35. The van der Waals surface area contributed by atoms with E-state index in [1.165, 1.54) is 31.0 Å². The maximum absolute atomic E-state index is 12.7. The van der Waals surface area contributed by atoms with Gasteiger partial charge in [-0.1, -0.05) is 76.9 Å². The van der Waals surface area contributed by atoms with Crippen LogP contribution in [0.3, 0.4) is 0 Å². The second kappa shape index (κ2) is 9.65. The highest BCUT2D eigenvalue weighted by molar-refractivity contribution is 7.99. The van der Waals surface area contributed by atoms with Crippen LogP contribution in [-0.4, -0.2) is 26.5 Å². The van der Waals surface area contributed by atoms with E-state index in [1.54, 1.807) is 4.68 Å². The zero-order chi connectivity index (χ0) is 21.0. The summed E-state index contributed by atoms with van der Waals surface area (Å²) in [4.78, 5) is 12.7. The van der Waals surface area contributed by atoms with Crippen LogP contribution < -0.4 is 11.2 Å². The number of aromatic nitrogens is 3. The van der Waals surface area contributed by atoms with Gasteiger partial charge in [0.2, 0.25) is 11.1 Å². The second-order valence-electron chi connectivity index (χ2n) is 8.50. The van der Waals surface area contributed by atoms with Crippen LogP contribution in [0.1, 0.15) is 94.5 Å². The molecule has 0 spiro atoms. The molecule has 158 valence electrons. The zero-order valence-electron chi connectivity index (χ0n) is 17.9. The molecular weight excluding hydrogens is 382 g/mol. The minimum Gasteiger partial charge on any atom is -0.336 e. The number of thioether (sulfide) groups is 1. The molecule has 3 rings (SSSR count). The Morgan fingerprint density at radius 1 is 1.14 bits per heavy atom. The molecule has 7 heteroatoms. The fraction of sp³-hybridized carbons (Fsp3) is 0.591. The van der Waals surface area contributed by atoms with E-state index in [1.807, 2.05) is 0 Å². The molecule has 1 aliphatic rings. The average Bonchev–Trinajstić information content (AvgIpc) is 3.07. The lowest BCUT2D eigenvalue weighted by atomic mass is 9.89. The van der Waals surface area contributed by atoms with Crippen molar-refractivity contribution in [3.05, 3.63) is 35.2 Å². The normalized spacial score (nSPS) is 15.2. The summed E-state index contributed by atoms with van der Waals surface area (Å²) in [6.45, 7) is 8.59. The van der Waals surface area contributed by atoms with Gasteiger partial charge in [-0.05, 0) is 35.8 Å². The van der Waals surface area contributed by atoms with Gasteiger partial charge in [-0.25, -0.2) is 4.68 Å². The molecule has 1 aromatic heterocycles. The van der Waals surface area contributed by atoms with E-state index in [0.717, 1.165) is 35.5 Å². The number of hydrogen-bond donors (Lipinski definition) is 2. The van der Waals surface area contributed by atoms with Crippen molar-refractivity contribution in [2.75, 3.05) is 16.9 Å². The van der Waals surface area contributed by atoms with Crippen LogP contribution in [0, 0.1) is 0 Å². The maximum atomic E-state index is 12.7. The number of anilines is 1. The molecule has 1 heterocycles. The molecule has 6 nitrogen and oxygen atoms in total. The third-order valence-corrected chi connectivity index (χ3v) is 6.57. The van der Waals surface area contributed by atoms with Gasteiger partial charge in [0.1, 0.15) is 0 Å². The van der Waals surface area contributed by atoms with Crippen molar-refractivity contribution in [3.8, 4) is 0 Å². The first-order valence-corrected chi connectivity index (χ1v) is 11.6. The molecule has 0 unspecified atom stereocenters. The smallest absolute Gasteiger partial charge is 0.234 e.